The zero-order valence-corrected chi connectivity index (χ0v) is 12.4. The van der Waals surface area contributed by atoms with Gasteiger partial charge in [-0.1, -0.05) is 0 Å². The zero-order valence-electron chi connectivity index (χ0n) is 10.7. The van der Waals surface area contributed by atoms with E-state index in [0.29, 0.717) is 12.1 Å². The standard InChI is InChI=1S/C11H14F3NO3S2/c1-6(8(5-16)19-2)15-20(17,18)9-4-3-7(12)10(13)11(9)14/h3-4,6,8,15-16H,5H2,1-2H3. The fraction of sp³-hybridized carbons (Fsp3) is 0.455. The van der Waals surface area contributed by atoms with Crippen LogP contribution in [0.3, 0.4) is 0 Å². The molecule has 0 spiro atoms. The number of aliphatic hydroxyl groups is 1. The summed E-state index contributed by atoms with van der Waals surface area (Å²) < 4.78 is 65.3. The molecular weight excluding hydrogens is 315 g/mol. The van der Waals surface area contributed by atoms with Gasteiger partial charge in [0.2, 0.25) is 10.0 Å². The van der Waals surface area contributed by atoms with E-state index in [0.717, 1.165) is 0 Å². The summed E-state index contributed by atoms with van der Waals surface area (Å²) in [5, 5.41) is 8.61. The van der Waals surface area contributed by atoms with Crippen LogP contribution in [0.2, 0.25) is 0 Å². The fourth-order valence-corrected chi connectivity index (χ4v) is 3.60. The van der Waals surface area contributed by atoms with Gasteiger partial charge in [-0.05, 0) is 25.3 Å². The summed E-state index contributed by atoms with van der Waals surface area (Å²) in [6.45, 7) is 1.19. The quantitative estimate of drug-likeness (QED) is 0.776. The average Bonchev–Trinajstić information content (AvgIpc) is 2.36. The monoisotopic (exact) mass is 329 g/mol. The third kappa shape index (κ3) is 3.66. The van der Waals surface area contributed by atoms with Crippen LogP contribution in [-0.4, -0.2) is 37.7 Å². The maximum absolute atomic E-state index is 13.5. The van der Waals surface area contributed by atoms with Crippen LogP contribution in [0.1, 0.15) is 6.92 Å². The summed E-state index contributed by atoms with van der Waals surface area (Å²) in [4.78, 5) is -0.971. The molecule has 0 aromatic heterocycles. The van der Waals surface area contributed by atoms with Crippen LogP contribution in [0.5, 0.6) is 0 Å². The van der Waals surface area contributed by atoms with E-state index in [-0.39, 0.29) is 6.61 Å². The Kier molecular flexibility index (Phi) is 5.87. The second-order valence-electron chi connectivity index (χ2n) is 4.04. The molecule has 0 radical (unpaired) electrons. The summed E-state index contributed by atoms with van der Waals surface area (Å²) in [6, 6.07) is 0.471. The molecule has 0 amide bonds. The SMILES string of the molecule is CSC(CO)C(C)NS(=O)(=O)c1ccc(F)c(F)c1F. The Balaban J connectivity index is 3.09. The van der Waals surface area contributed by atoms with Crippen LogP contribution < -0.4 is 4.72 Å². The van der Waals surface area contributed by atoms with E-state index >= 15 is 0 Å². The maximum Gasteiger partial charge on any atom is 0.243 e. The first-order chi connectivity index (χ1) is 9.24. The number of rotatable bonds is 6. The number of nitrogens with one attached hydrogen (secondary N) is 1. The van der Waals surface area contributed by atoms with E-state index in [1.165, 1.54) is 18.7 Å². The number of thioether (sulfide) groups is 1. The van der Waals surface area contributed by atoms with Crippen molar-refractivity contribution in [2.24, 2.45) is 0 Å². The van der Waals surface area contributed by atoms with Crippen LogP contribution in [0.15, 0.2) is 17.0 Å². The first-order valence-electron chi connectivity index (χ1n) is 5.54. The summed E-state index contributed by atoms with van der Waals surface area (Å²) in [6.07, 6.45) is 1.67. The number of benzene rings is 1. The molecule has 20 heavy (non-hydrogen) atoms. The highest BCUT2D eigenvalue weighted by molar-refractivity contribution is 7.99. The number of halogens is 3. The Morgan fingerprint density at radius 2 is 1.90 bits per heavy atom. The molecule has 2 atom stereocenters. The summed E-state index contributed by atoms with van der Waals surface area (Å²) in [5.74, 6) is -5.08. The first kappa shape index (κ1) is 17.3. The van der Waals surface area contributed by atoms with Crippen LogP contribution in [0, 0.1) is 17.5 Å². The highest BCUT2D eigenvalue weighted by atomic mass is 32.2. The minimum Gasteiger partial charge on any atom is -0.395 e. The van der Waals surface area contributed by atoms with Gasteiger partial charge in [0.1, 0.15) is 4.90 Å². The highest BCUT2D eigenvalue weighted by Gasteiger charge is 2.27. The third-order valence-corrected chi connectivity index (χ3v) is 5.41. The van der Waals surface area contributed by atoms with Crippen molar-refractivity contribution in [3.63, 3.8) is 0 Å². The van der Waals surface area contributed by atoms with Gasteiger partial charge in [-0.25, -0.2) is 26.3 Å². The topological polar surface area (TPSA) is 66.4 Å². The molecule has 1 aromatic rings. The van der Waals surface area contributed by atoms with Crippen molar-refractivity contribution in [3.8, 4) is 0 Å². The van der Waals surface area contributed by atoms with Gasteiger partial charge in [-0.15, -0.1) is 0 Å². The van der Waals surface area contributed by atoms with Gasteiger partial charge >= 0.3 is 0 Å². The molecular formula is C11H14F3NO3S2. The zero-order chi connectivity index (χ0) is 15.5. The first-order valence-corrected chi connectivity index (χ1v) is 8.31. The Bertz CT molecular complexity index is 577. The molecule has 0 saturated heterocycles. The van der Waals surface area contributed by atoms with Crippen molar-refractivity contribution in [1.82, 2.24) is 4.72 Å². The summed E-state index contributed by atoms with van der Waals surface area (Å²) in [5.41, 5.74) is 0. The molecule has 0 heterocycles. The van der Waals surface area contributed by atoms with Gasteiger partial charge < -0.3 is 5.11 Å². The van der Waals surface area contributed by atoms with E-state index in [4.69, 9.17) is 5.11 Å². The van der Waals surface area contributed by atoms with Gasteiger partial charge in [-0.2, -0.15) is 11.8 Å². The van der Waals surface area contributed by atoms with Gasteiger partial charge in [0.15, 0.2) is 17.5 Å². The van der Waals surface area contributed by atoms with Crippen molar-refractivity contribution in [2.45, 2.75) is 23.1 Å². The molecule has 4 nitrogen and oxygen atoms in total. The van der Waals surface area contributed by atoms with Crippen LogP contribution in [-0.2, 0) is 10.0 Å². The van der Waals surface area contributed by atoms with Gasteiger partial charge in [0.05, 0.1) is 6.61 Å². The molecule has 9 heteroatoms. The molecule has 0 bridgehead atoms. The molecule has 114 valence electrons. The molecule has 1 rings (SSSR count). The number of sulfonamides is 1. The predicted octanol–water partition coefficient (Wildman–Crippen LogP) is 1.49. The lowest BCUT2D eigenvalue weighted by molar-refractivity contribution is 0.282. The van der Waals surface area contributed by atoms with Crippen molar-refractivity contribution in [1.29, 1.82) is 0 Å². The average molecular weight is 329 g/mol. The van der Waals surface area contributed by atoms with Crippen LogP contribution in [0.25, 0.3) is 0 Å². The molecule has 0 aliphatic rings. The van der Waals surface area contributed by atoms with Crippen molar-refractivity contribution in [3.05, 3.63) is 29.6 Å². The molecule has 0 aliphatic heterocycles. The van der Waals surface area contributed by atoms with E-state index in [2.05, 4.69) is 4.72 Å². The molecule has 2 N–H and O–H groups in total. The minimum absolute atomic E-state index is 0.287. The number of hydrogen-bond donors (Lipinski definition) is 2. The minimum atomic E-state index is -4.35. The lowest BCUT2D eigenvalue weighted by Crippen LogP contribution is -2.41. The second-order valence-corrected chi connectivity index (χ2v) is 6.80. The van der Waals surface area contributed by atoms with E-state index in [9.17, 15) is 21.6 Å². The molecule has 0 fully saturated rings. The smallest absolute Gasteiger partial charge is 0.243 e. The van der Waals surface area contributed by atoms with Crippen molar-refractivity contribution < 1.29 is 26.7 Å². The van der Waals surface area contributed by atoms with Gasteiger partial charge in [0.25, 0.3) is 0 Å². The summed E-state index contributed by atoms with van der Waals surface area (Å²) in [7, 11) is -4.35. The molecule has 1 aromatic carbocycles. The highest BCUT2D eigenvalue weighted by Crippen LogP contribution is 2.21. The second kappa shape index (κ2) is 6.79. The Morgan fingerprint density at radius 1 is 1.30 bits per heavy atom. The maximum atomic E-state index is 13.5. The number of hydrogen-bond acceptors (Lipinski definition) is 4. The van der Waals surface area contributed by atoms with Gasteiger partial charge in [0, 0.05) is 11.3 Å². The predicted molar refractivity (Wildman–Crippen MR) is 70.5 cm³/mol. The van der Waals surface area contributed by atoms with Crippen molar-refractivity contribution in [2.75, 3.05) is 12.9 Å². The van der Waals surface area contributed by atoms with E-state index in [1.807, 2.05) is 0 Å². The van der Waals surface area contributed by atoms with Crippen molar-refractivity contribution >= 4 is 21.8 Å². The Morgan fingerprint density at radius 3 is 2.40 bits per heavy atom. The Hall–Kier alpha value is -0.770. The molecule has 0 aliphatic carbocycles. The molecule has 0 saturated carbocycles. The molecule has 2 unspecified atom stereocenters. The summed E-state index contributed by atoms with van der Waals surface area (Å²) >= 11 is 1.22. The van der Waals surface area contributed by atoms with E-state index in [1.54, 1.807) is 6.26 Å². The fourth-order valence-electron chi connectivity index (χ4n) is 1.54. The van der Waals surface area contributed by atoms with Gasteiger partial charge in [-0.3, -0.25) is 0 Å². The third-order valence-electron chi connectivity index (χ3n) is 2.67. The van der Waals surface area contributed by atoms with E-state index < -0.39 is 43.7 Å². The van der Waals surface area contributed by atoms with Crippen LogP contribution in [0.4, 0.5) is 13.2 Å². The lowest BCUT2D eigenvalue weighted by Gasteiger charge is -2.21. The Labute approximate surface area is 119 Å². The number of aliphatic hydroxyl groups excluding tert-OH is 1. The van der Waals surface area contributed by atoms with Crippen LogP contribution >= 0.6 is 11.8 Å². The lowest BCUT2D eigenvalue weighted by atomic mass is 10.3. The largest absolute Gasteiger partial charge is 0.395 e. The normalized spacial score (nSPS) is 15.1.